The number of hydrogen-bond donors (Lipinski definition) is 1. The van der Waals surface area contributed by atoms with Gasteiger partial charge in [-0.25, -0.2) is 0 Å². The quantitative estimate of drug-likeness (QED) is 0.534. The maximum Gasteiger partial charge on any atom is 0.0593 e. The molecule has 0 N–H and O–H groups in total. The predicted octanol–water partition coefficient (Wildman–Crippen LogP) is 2.59. The molecule has 0 bridgehead atoms. The van der Waals surface area contributed by atoms with Crippen molar-refractivity contribution in [3.63, 3.8) is 0 Å². The van der Waals surface area contributed by atoms with Crippen LogP contribution in [-0.2, 0) is 4.74 Å². The second-order valence-electron chi connectivity index (χ2n) is 4.31. The van der Waals surface area contributed by atoms with Gasteiger partial charge < -0.3 is 4.74 Å². The lowest BCUT2D eigenvalue weighted by Gasteiger charge is -2.35. The van der Waals surface area contributed by atoms with E-state index in [9.17, 15) is 0 Å². The van der Waals surface area contributed by atoms with Crippen LogP contribution in [0.15, 0.2) is 0 Å². The summed E-state index contributed by atoms with van der Waals surface area (Å²) in [5.74, 6) is 0.832. The Morgan fingerprint density at radius 3 is 2.93 bits per heavy atom. The summed E-state index contributed by atoms with van der Waals surface area (Å²) in [6.07, 6.45) is 6.83. The van der Waals surface area contributed by atoms with Crippen molar-refractivity contribution in [3.8, 4) is 0 Å². The first-order valence-electron chi connectivity index (χ1n) is 6.31. The fourth-order valence-corrected chi connectivity index (χ4v) is 2.49. The molecule has 1 fully saturated rings. The van der Waals surface area contributed by atoms with Crippen LogP contribution in [0.4, 0.5) is 0 Å². The van der Waals surface area contributed by atoms with Crippen LogP contribution in [0.5, 0.6) is 0 Å². The molecule has 0 amide bonds. The molecule has 0 saturated carbocycles. The van der Waals surface area contributed by atoms with Gasteiger partial charge in [-0.1, -0.05) is 19.8 Å². The average Bonchev–Trinajstić information content (AvgIpc) is 2.27. The molecule has 3 heteroatoms. The zero-order valence-electron chi connectivity index (χ0n) is 9.95. The highest BCUT2D eigenvalue weighted by molar-refractivity contribution is 7.80. The molecular formula is C12H25NOS. The molecule has 0 spiro atoms. The van der Waals surface area contributed by atoms with Gasteiger partial charge in [0.1, 0.15) is 0 Å². The summed E-state index contributed by atoms with van der Waals surface area (Å²) in [5.41, 5.74) is 0. The molecule has 1 aliphatic rings. The molecule has 1 aliphatic heterocycles. The summed E-state index contributed by atoms with van der Waals surface area (Å²) in [6, 6.07) is 0.823. The fraction of sp³-hybridized carbons (Fsp3) is 1.00. The Morgan fingerprint density at radius 1 is 1.33 bits per heavy atom. The first-order chi connectivity index (χ1) is 7.38. The van der Waals surface area contributed by atoms with Gasteiger partial charge in [-0.05, 0) is 25.8 Å². The minimum atomic E-state index is 0.787. The van der Waals surface area contributed by atoms with Crippen LogP contribution in [-0.4, -0.2) is 43.0 Å². The second kappa shape index (κ2) is 8.43. The Labute approximate surface area is 99.8 Å². The average molecular weight is 231 g/mol. The van der Waals surface area contributed by atoms with Gasteiger partial charge in [0.25, 0.3) is 0 Å². The molecule has 0 aromatic carbocycles. The Hall–Kier alpha value is 0.270. The summed E-state index contributed by atoms with van der Waals surface area (Å²) < 4.78 is 5.49. The van der Waals surface area contributed by atoms with Crippen molar-refractivity contribution in [2.24, 2.45) is 0 Å². The van der Waals surface area contributed by atoms with Crippen molar-refractivity contribution in [1.82, 2.24) is 4.90 Å². The summed E-state index contributed by atoms with van der Waals surface area (Å²) >= 11 is 4.13. The third kappa shape index (κ3) is 5.23. The van der Waals surface area contributed by atoms with Crippen LogP contribution in [0.2, 0.25) is 0 Å². The van der Waals surface area contributed by atoms with E-state index in [4.69, 9.17) is 4.74 Å². The van der Waals surface area contributed by atoms with E-state index < -0.39 is 0 Å². The zero-order chi connectivity index (χ0) is 10.9. The second-order valence-corrected chi connectivity index (χ2v) is 4.76. The van der Waals surface area contributed by atoms with Crippen LogP contribution in [0.3, 0.4) is 0 Å². The zero-order valence-corrected chi connectivity index (χ0v) is 10.8. The standard InChI is InChI=1S/C12H25NOS/c1-2-5-12-6-3-4-7-13(12)8-9-14-10-11-15/h12,15H,2-11H2,1H3. The molecule has 2 nitrogen and oxygen atoms in total. The van der Waals surface area contributed by atoms with Gasteiger partial charge in [0.15, 0.2) is 0 Å². The van der Waals surface area contributed by atoms with Gasteiger partial charge in [-0.2, -0.15) is 12.6 Å². The van der Waals surface area contributed by atoms with E-state index in [2.05, 4.69) is 24.5 Å². The monoisotopic (exact) mass is 231 g/mol. The van der Waals surface area contributed by atoms with E-state index in [0.29, 0.717) is 0 Å². The lowest BCUT2D eigenvalue weighted by atomic mass is 9.98. The molecule has 15 heavy (non-hydrogen) atoms. The van der Waals surface area contributed by atoms with Crippen LogP contribution >= 0.6 is 12.6 Å². The Bertz CT molecular complexity index is 153. The minimum Gasteiger partial charge on any atom is -0.379 e. The summed E-state index contributed by atoms with van der Waals surface area (Å²) in [5, 5.41) is 0. The highest BCUT2D eigenvalue weighted by Crippen LogP contribution is 2.20. The molecule has 1 unspecified atom stereocenters. The Kier molecular flexibility index (Phi) is 7.49. The van der Waals surface area contributed by atoms with Crippen LogP contribution in [0.25, 0.3) is 0 Å². The Balaban J connectivity index is 2.17. The maximum atomic E-state index is 5.49. The summed E-state index contributed by atoms with van der Waals surface area (Å²) in [6.45, 7) is 6.33. The summed E-state index contributed by atoms with van der Waals surface area (Å²) in [7, 11) is 0. The van der Waals surface area contributed by atoms with E-state index >= 15 is 0 Å². The number of rotatable bonds is 7. The molecule has 0 aromatic heterocycles. The van der Waals surface area contributed by atoms with Crippen molar-refractivity contribution in [1.29, 1.82) is 0 Å². The molecular weight excluding hydrogens is 206 g/mol. The lowest BCUT2D eigenvalue weighted by molar-refractivity contribution is 0.0752. The molecule has 90 valence electrons. The van der Waals surface area contributed by atoms with Gasteiger partial charge in [0.05, 0.1) is 13.2 Å². The van der Waals surface area contributed by atoms with Gasteiger partial charge in [-0.3, -0.25) is 4.90 Å². The van der Waals surface area contributed by atoms with E-state index in [0.717, 1.165) is 31.6 Å². The van der Waals surface area contributed by atoms with Crippen molar-refractivity contribution in [2.45, 2.75) is 45.1 Å². The van der Waals surface area contributed by atoms with Crippen molar-refractivity contribution >= 4 is 12.6 Å². The van der Waals surface area contributed by atoms with Crippen LogP contribution in [0.1, 0.15) is 39.0 Å². The number of likely N-dealkylation sites (tertiary alicyclic amines) is 1. The van der Waals surface area contributed by atoms with Gasteiger partial charge in [0, 0.05) is 18.3 Å². The third-order valence-corrected chi connectivity index (χ3v) is 3.31. The SMILES string of the molecule is CCCC1CCCCN1CCOCCS. The van der Waals surface area contributed by atoms with E-state index in [1.165, 1.54) is 38.6 Å². The molecule has 1 heterocycles. The topological polar surface area (TPSA) is 12.5 Å². The first kappa shape index (κ1) is 13.3. The normalized spacial score (nSPS) is 23.2. The van der Waals surface area contributed by atoms with Crippen LogP contribution in [0, 0.1) is 0 Å². The largest absolute Gasteiger partial charge is 0.379 e. The number of nitrogens with zero attached hydrogens (tertiary/aromatic N) is 1. The van der Waals surface area contributed by atoms with Crippen molar-refractivity contribution in [2.75, 3.05) is 32.1 Å². The molecule has 0 radical (unpaired) electrons. The van der Waals surface area contributed by atoms with Crippen molar-refractivity contribution in [3.05, 3.63) is 0 Å². The highest BCUT2D eigenvalue weighted by Gasteiger charge is 2.20. The van der Waals surface area contributed by atoms with E-state index in [-0.39, 0.29) is 0 Å². The van der Waals surface area contributed by atoms with Gasteiger partial charge in [-0.15, -0.1) is 0 Å². The molecule has 0 aromatic rings. The van der Waals surface area contributed by atoms with Gasteiger partial charge >= 0.3 is 0 Å². The predicted molar refractivity (Wildman–Crippen MR) is 68.8 cm³/mol. The number of thiol groups is 1. The molecule has 0 aliphatic carbocycles. The van der Waals surface area contributed by atoms with Gasteiger partial charge in [0.2, 0.25) is 0 Å². The van der Waals surface area contributed by atoms with Crippen LogP contribution < -0.4 is 0 Å². The Morgan fingerprint density at radius 2 is 2.20 bits per heavy atom. The smallest absolute Gasteiger partial charge is 0.0593 e. The number of hydrogen-bond acceptors (Lipinski definition) is 3. The molecule has 1 rings (SSSR count). The molecule has 1 atom stereocenters. The lowest BCUT2D eigenvalue weighted by Crippen LogP contribution is -2.41. The number of ether oxygens (including phenoxy) is 1. The first-order valence-corrected chi connectivity index (χ1v) is 6.94. The highest BCUT2D eigenvalue weighted by atomic mass is 32.1. The van der Waals surface area contributed by atoms with Crippen molar-refractivity contribution < 1.29 is 4.74 Å². The maximum absolute atomic E-state index is 5.49. The fourth-order valence-electron chi connectivity index (χ4n) is 2.36. The van der Waals surface area contributed by atoms with E-state index in [1.54, 1.807) is 0 Å². The minimum absolute atomic E-state index is 0.787. The van der Waals surface area contributed by atoms with E-state index in [1.807, 2.05) is 0 Å². The summed E-state index contributed by atoms with van der Waals surface area (Å²) in [4.78, 5) is 2.62. The molecule has 1 saturated heterocycles. The number of piperidine rings is 1. The third-order valence-electron chi connectivity index (χ3n) is 3.13.